The standard InChI is InChI=1S/C16H16Cl2N2OS/c17-12-7-5-6-11(14(12)18)15-19-13(10-22-15)16(21)20-8-3-1-2-4-9-20/h5-7,10H,1-4,8-9H2. The van der Waals surface area contributed by atoms with Gasteiger partial charge >= 0.3 is 0 Å². The Morgan fingerprint density at radius 3 is 2.59 bits per heavy atom. The normalized spacial score (nSPS) is 15.6. The summed E-state index contributed by atoms with van der Waals surface area (Å²) >= 11 is 13.7. The van der Waals surface area contributed by atoms with Crippen molar-refractivity contribution in [2.45, 2.75) is 25.7 Å². The van der Waals surface area contributed by atoms with Crippen molar-refractivity contribution in [3.05, 3.63) is 39.3 Å². The number of carbonyl (C=O) groups is 1. The molecule has 0 saturated carbocycles. The van der Waals surface area contributed by atoms with Crippen molar-refractivity contribution in [1.29, 1.82) is 0 Å². The van der Waals surface area contributed by atoms with Gasteiger partial charge in [-0.1, -0.05) is 48.2 Å². The van der Waals surface area contributed by atoms with Crippen molar-refractivity contribution < 1.29 is 4.79 Å². The van der Waals surface area contributed by atoms with Gasteiger partial charge in [-0.2, -0.15) is 0 Å². The highest BCUT2D eigenvalue weighted by atomic mass is 35.5. The predicted molar refractivity (Wildman–Crippen MR) is 91.9 cm³/mol. The monoisotopic (exact) mass is 354 g/mol. The SMILES string of the molecule is O=C(c1csc(-c2cccc(Cl)c2Cl)n1)N1CCCCCC1. The Morgan fingerprint density at radius 2 is 1.86 bits per heavy atom. The van der Waals surface area contributed by atoms with Crippen molar-refractivity contribution in [1.82, 2.24) is 9.88 Å². The van der Waals surface area contributed by atoms with Crippen molar-refractivity contribution in [3.63, 3.8) is 0 Å². The van der Waals surface area contributed by atoms with Gasteiger partial charge in [0.15, 0.2) is 0 Å². The second-order valence-electron chi connectivity index (χ2n) is 5.35. The Bertz CT molecular complexity index is 679. The highest BCUT2D eigenvalue weighted by Crippen LogP contribution is 2.35. The Labute approximate surface area is 143 Å². The van der Waals surface area contributed by atoms with E-state index in [4.69, 9.17) is 23.2 Å². The van der Waals surface area contributed by atoms with Crippen molar-refractivity contribution in [2.24, 2.45) is 0 Å². The lowest BCUT2D eigenvalue weighted by molar-refractivity contribution is 0.0756. The van der Waals surface area contributed by atoms with Crippen LogP contribution >= 0.6 is 34.5 Å². The van der Waals surface area contributed by atoms with E-state index in [2.05, 4.69) is 4.98 Å². The minimum atomic E-state index is 0.0163. The van der Waals surface area contributed by atoms with Gasteiger partial charge < -0.3 is 4.90 Å². The number of thiazole rings is 1. The molecule has 1 aliphatic heterocycles. The number of benzene rings is 1. The van der Waals surface area contributed by atoms with Gasteiger partial charge in [-0.3, -0.25) is 4.79 Å². The summed E-state index contributed by atoms with van der Waals surface area (Å²) in [5.74, 6) is 0.0163. The van der Waals surface area contributed by atoms with Gasteiger partial charge in [0.05, 0.1) is 10.0 Å². The van der Waals surface area contributed by atoms with E-state index >= 15 is 0 Å². The molecule has 1 aromatic carbocycles. The minimum Gasteiger partial charge on any atom is -0.337 e. The molecule has 0 atom stereocenters. The molecule has 0 bridgehead atoms. The number of hydrogen-bond donors (Lipinski definition) is 0. The molecule has 1 fully saturated rings. The van der Waals surface area contributed by atoms with Crippen LogP contribution in [-0.4, -0.2) is 28.9 Å². The van der Waals surface area contributed by atoms with Gasteiger partial charge in [-0.25, -0.2) is 4.98 Å². The largest absolute Gasteiger partial charge is 0.337 e. The highest BCUT2D eigenvalue weighted by Gasteiger charge is 2.20. The Hall–Kier alpha value is -1.10. The van der Waals surface area contributed by atoms with E-state index in [1.807, 2.05) is 17.0 Å². The molecular formula is C16H16Cl2N2OS. The van der Waals surface area contributed by atoms with Gasteiger partial charge in [0.1, 0.15) is 10.7 Å². The van der Waals surface area contributed by atoms with Crippen molar-refractivity contribution in [2.75, 3.05) is 13.1 Å². The highest BCUT2D eigenvalue weighted by molar-refractivity contribution is 7.13. The molecule has 1 aliphatic rings. The van der Waals surface area contributed by atoms with Crippen LogP contribution in [0.2, 0.25) is 10.0 Å². The molecular weight excluding hydrogens is 339 g/mol. The zero-order valence-electron chi connectivity index (χ0n) is 12.0. The average molecular weight is 355 g/mol. The molecule has 1 saturated heterocycles. The van der Waals surface area contributed by atoms with Gasteiger partial charge in [-0.15, -0.1) is 11.3 Å². The van der Waals surface area contributed by atoms with E-state index in [1.165, 1.54) is 24.2 Å². The molecule has 2 heterocycles. The van der Waals surface area contributed by atoms with Crippen LogP contribution in [0.3, 0.4) is 0 Å². The van der Waals surface area contributed by atoms with Crippen LogP contribution in [0.1, 0.15) is 36.2 Å². The summed E-state index contributed by atoms with van der Waals surface area (Å²) in [5, 5.41) is 3.51. The summed E-state index contributed by atoms with van der Waals surface area (Å²) in [6.45, 7) is 1.65. The lowest BCUT2D eigenvalue weighted by Crippen LogP contribution is -2.32. The smallest absolute Gasteiger partial charge is 0.273 e. The van der Waals surface area contributed by atoms with Crippen LogP contribution in [0.5, 0.6) is 0 Å². The summed E-state index contributed by atoms with van der Waals surface area (Å²) in [6, 6.07) is 5.44. The van der Waals surface area contributed by atoms with Crippen LogP contribution in [0.4, 0.5) is 0 Å². The molecule has 3 rings (SSSR count). The van der Waals surface area contributed by atoms with Crippen LogP contribution in [0, 0.1) is 0 Å². The fourth-order valence-corrected chi connectivity index (χ4v) is 3.87. The van der Waals surface area contributed by atoms with Gasteiger partial charge in [0.2, 0.25) is 0 Å². The number of aromatic nitrogens is 1. The zero-order valence-corrected chi connectivity index (χ0v) is 14.3. The van der Waals surface area contributed by atoms with Gasteiger partial charge in [0, 0.05) is 24.0 Å². The second kappa shape index (κ2) is 6.99. The number of halogens is 2. The summed E-state index contributed by atoms with van der Waals surface area (Å²) in [7, 11) is 0. The molecule has 0 radical (unpaired) electrons. The lowest BCUT2D eigenvalue weighted by Gasteiger charge is -2.18. The first kappa shape index (κ1) is 15.8. The topological polar surface area (TPSA) is 33.2 Å². The number of nitrogens with zero attached hydrogens (tertiary/aromatic N) is 2. The molecule has 6 heteroatoms. The predicted octanol–water partition coefficient (Wildman–Crippen LogP) is 5.13. The third kappa shape index (κ3) is 3.29. The fraction of sp³-hybridized carbons (Fsp3) is 0.375. The van der Waals surface area contributed by atoms with Crippen LogP contribution in [0.25, 0.3) is 10.6 Å². The van der Waals surface area contributed by atoms with E-state index in [1.54, 1.807) is 11.4 Å². The molecule has 3 nitrogen and oxygen atoms in total. The molecule has 0 unspecified atom stereocenters. The molecule has 2 aromatic rings. The molecule has 0 spiro atoms. The number of carbonyl (C=O) groups excluding carboxylic acids is 1. The summed E-state index contributed by atoms with van der Waals surface area (Å²) in [6.07, 6.45) is 4.54. The zero-order chi connectivity index (χ0) is 15.5. The Morgan fingerprint density at radius 1 is 1.14 bits per heavy atom. The number of amides is 1. The Kier molecular flexibility index (Phi) is 5.01. The summed E-state index contributed by atoms with van der Waals surface area (Å²) in [4.78, 5) is 18.9. The van der Waals surface area contributed by atoms with Crippen LogP contribution < -0.4 is 0 Å². The number of hydrogen-bond acceptors (Lipinski definition) is 3. The number of rotatable bonds is 2. The maximum Gasteiger partial charge on any atom is 0.273 e. The van der Waals surface area contributed by atoms with Gasteiger partial charge in [0.25, 0.3) is 5.91 Å². The Balaban J connectivity index is 1.84. The number of likely N-dealkylation sites (tertiary alicyclic amines) is 1. The van der Waals surface area contributed by atoms with Crippen molar-refractivity contribution >= 4 is 40.4 Å². The quantitative estimate of drug-likeness (QED) is 0.748. The fourth-order valence-electron chi connectivity index (χ4n) is 2.60. The van der Waals surface area contributed by atoms with Crippen LogP contribution in [0.15, 0.2) is 23.6 Å². The second-order valence-corrected chi connectivity index (χ2v) is 6.99. The molecule has 22 heavy (non-hydrogen) atoms. The first-order valence-corrected chi connectivity index (χ1v) is 8.99. The van der Waals surface area contributed by atoms with Gasteiger partial charge in [-0.05, 0) is 18.9 Å². The molecule has 1 aromatic heterocycles. The van der Waals surface area contributed by atoms with Crippen molar-refractivity contribution in [3.8, 4) is 10.6 Å². The third-order valence-corrected chi connectivity index (χ3v) is 5.49. The van der Waals surface area contributed by atoms with E-state index in [0.717, 1.165) is 36.5 Å². The maximum atomic E-state index is 12.6. The lowest BCUT2D eigenvalue weighted by atomic mass is 10.2. The van der Waals surface area contributed by atoms with E-state index in [0.29, 0.717) is 15.7 Å². The summed E-state index contributed by atoms with van der Waals surface area (Å²) < 4.78 is 0. The van der Waals surface area contributed by atoms with E-state index < -0.39 is 0 Å². The minimum absolute atomic E-state index is 0.0163. The average Bonchev–Trinajstić information content (AvgIpc) is 2.84. The third-order valence-electron chi connectivity index (χ3n) is 3.80. The molecule has 0 N–H and O–H groups in total. The molecule has 1 amide bonds. The molecule has 116 valence electrons. The molecule has 0 aliphatic carbocycles. The first-order chi connectivity index (χ1) is 10.7. The van der Waals surface area contributed by atoms with E-state index in [-0.39, 0.29) is 5.91 Å². The summed E-state index contributed by atoms with van der Waals surface area (Å²) in [5.41, 5.74) is 1.27. The first-order valence-electron chi connectivity index (χ1n) is 7.36. The van der Waals surface area contributed by atoms with E-state index in [9.17, 15) is 4.79 Å². The maximum absolute atomic E-state index is 12.6. The van der Waals surface area contributed by atoms with Crippen LogP contribution in [-0.2, 0) is 0 Å².